The van der Waals surface area contributed by atoms with Crippen molar-refractivity contribution in [2.75, 3.05) is 39.2 Å². The standard InChI is InChI=1S/C26H37N5O4/c1-6-7-25(32)29-21-8-9-22-23(10-21)35-16-19(3)31(14-20-11-27-17-28-12-20)13-18(2)24(34-5)15-30(4)26(22)33/h8-12,17-19,24H,6-7,13-16H2,1-5H3,(H,29,32)/t18-,19+,24-/m1/s1. The lowest BCUT2D eigenvalue weighted by molar-refractivity contribution is -0.116. The van der Waals surface area contributed by atoms with Crippen LogP contribution in [0.4, 0.5) is 5.69 Å². The van der Waals surface area contributed by atoms with Crippen molar-refractivity contribution < 1.29 is 19.1 Å². The number of nitrogens with one attached hydrogen (secondary N) is 1. The molecule has 0 radical (unpaired) electrons. The zero-order chi connectivity index (χ0) is 25.4. The van der Waals surface area contributed by atoms with Crippen LogP contribution >= 0.6 is 0 Å². The molecule has 0 aliphatic carbocycles. The van der Waals surface area contributed by atoms with Gasteiger partial charge in [-0.15, -0.1) is 0 Å². The van der Waals surface area contributed by atoms with Crippen molar-refractivity contribution in [2.24, 2.45) is 5.92 Å². The largest absolute Gasteiger partial charge is 0.491 e. The van der Waals surface area contributed by atoms with E-state index in [1.165, 1.54) is 6.33 Å². The minimum atomic E-state index is -0.146. The number of amides is 2. The molecule has 0 unspecified atom stereocenters. The maximum Gasteiger partial charge on any atom is 0.257 e. The van der Waals surface area contributed by atoms with E-state index in [4.69, 9.17) is 9.47 Å². The summed E-state index contributed by atoms with van der Waals surface area (Å²) in [5.74, 6) is 0.406. The van der Waals surface area contributed by atoms with Crippen LogP contribution in [0.2, 0.25) is 0 Å². The van der Waals surface area contributed by atoms with Crippen LogP contribution in [0.25, 0.3) is 0 Å². The van der Waals surface area contributed by atoms with E-state index >= 15 is 0 Å². The van der Waals surface area contributed by atoms with Gasteiger partial charge in [0, 0.05) is 76.0 Å². The highest BCUT2D eigenvalue weighted by Gasteiger charge is 2.28. The number of likely N-dealkylation sites (N-methyl/N-ethyl adjacent to an activating group) is 1. The number of hydrogen-bond acceptors (Lipinski definition) is 7. The first-order chi connectivity index (χ1) is 16.8. The van der Waals surface area contributed by atoms with Gasteiger partial charge in [-0.1, -0.05) is 13.8 Å². The van der Waals surface area contributed by atoms with Crippen LogP contribution in [0.1, 0.15) is 49.5 Å². The van der Waals surface area contributed by atoms with Crippen LogP contribution in [0.3, 0.4) is 0 Å². The second-order valence-electron chi connectivity index (χ2n) is 9.28. The zero-order valence-electron chi connectivity index (χ0n) is 21.4. The van der Waals surface area contributed by atoms with Gasteiger partial charge < -0.3 is 19.7 Å². The minimum absolute atomic E-state index is 0.0357. The van der Waals surface area contributed by atoms with Crippen LogP contribution in [0, 0.1) is 5.92 Å². The maximum atomic E-state index is 13.3. The van der Waals surface area contributed by atoms with Crippen molar-refractivity contribution in [1.29, 1.82) is 0 Å². The lowest BCUT2D eigenvalue weighted by Gasteiger charge is -2.36. The molecule has 0 saturated heterocycles. The van der Waals surface area contributed by atoms with Crippen LogP contribution < -0.4 is 10.1 Å². The molecule has 2 heterocycles. The Morgan fingerprint density at radius 2 is 1.97 bits per heavy atom. The maximum absolute atomic E-state index is 13.3. The van der Waals surface area contributed by atoms with E-state index in [0.717, 1.165) is 18.5 Å². The molecule has 2 aromatic rings. The molecule has 190 valence electrons. The Morgan fingerprint density at radius 3 is 2.66 bits per heavy atom. The van der Waals surface area contributed by atoms with E-state index in [0.29, 0.717) is 43.1 Å². The summed E-state index contributed by atoms with van der Waals surface area (Å²) in [4.78, 5) is 37.7. The molecule has 9 nitrogen and oxygen atoms in total. The van der Waals surface area contributed by atoms with Crippen LogP contribution in [0.5, 0.6) is 5.75 Å². The molecule has 0 bridgehead atoms. The molecule has 35 heavy (non-hydrogen) atoms. The fraction of sp³-hybridized carbons (Fsp3) is 0.538. The first-order valence-electron chi connectivity index (χ1n) is 12.1. The number of anilines is 1. The van der Waals surface area contributed by atoms with E-state index in [-0.39, 0.29) is 29.9 Å². The molecule has 3 rings (SSSR count). The molecular weight excluding hydrogens is 446 g/mol. The van der Waals surface area contributed by atoms with Crippen molar-refractivity contribution in [2.45, 2.75) is 52.3 Å². The summed E-state index contributed by atoms with van der Waals surface area (Å²) in [7, 11) is 3.46. The molecular formula is C26H37N5O4. The van der Waals surface area contributed by atoms with E-state index in [9.17, 15) is 9.59 Å². The molecule has 9 heteroatoms. The molecule has 2 amide bonds. The molecule has 1 aliphatic rings. The van der Waals surface area contributed by atoms with Gasteiger partial charge in [0.1, 0.15) is 18.7 Å². The number of hydrogen-bond donors (Lipinski definition) is 1. The van der Waals surface area contributed by atoms with Gasteiger partial charge in [-0.05, 0) is 31.4 Å². The highest BCUT2D eigenvalue weighted by molar-refractivity contribution is 5.98. The smallest absolute Gasteiger partial charge is 0.257 e. The molecule has 0 fully saturated rings. The number of fused-ring (bicyclic) bond motifs is 1. The van der Waals surface area contributed by atoms with Crippen molar-refractivity contribution in [3.63, 3.8) is 0 Å². The predicted octanol–water partition coefficient (Wildman–Crippen LogP) is 3.22. The first-order valence-corrected chi connectivity index (χ1v) is 12.1. The highest BCUT2D eigenvalue weighted by Crippen LogP contribution is 2.27. The second kappa shape index (κ2) is 12.6. The number of carbonyl (C=O) groups excluding carboxylic acids is 2. The SMILES string of the molecule is CCCC(=O)Nc1ccc2c(c1)OC[C@H](C)N(Cc1cncnc1)C[C@@H](C)[C@H](OC)CN(C)C2=O. The number of ether oxygens (including phenoxy) is 2. The molecule has 0 spiro atoms. The van der Waals surface area contributed by atoms with Crippen molar-refractivity contribution in [3.8, 4) is 5.75 Å². The average Bonchev–Trinajstić information content (AvgIpc) is 2.85. The van der Waals surface area contributed by atoms with Gasteiger partial charge in [0.05, 0.1) is 11.7 Å². The van der Waals surface area contributed by atoms with Crippen LogP contribution in [-0.4, -0.2) is 77.6 Å². The third-order valence-corrected chi connectivity index (χ3v) is 6.34. The molecule has 1 aromatic carbocycles. The lowest BCUT2D eigenvalue weighted by atomic mass is 10.0. The van der Waals surface area contributed by atoms with Crippen LogP contribution in [-0.2, 0) is 16.1 Å². The molecule has 1 N–H and O–H groups in total. The van der Waals surface area contributed by atoms with Crippen molar-refractivity contribution in [1.82, 2.24) is 19.8 Å². The Hall–Kier alpha value is -3.04. The van der Waals surface area contributed by atoms with Gasteiger partial charge in [-0.2, -0.15) is 0 Å². The number of rotatable bonds is 6. The Balaban J connectivity index is 1.92. The normalized spacial score (nSPS) is 21.9. The minimum Gasteiger partial charge on any atom is -0.491 e. The summed E-state index contributed by atoms with van der Waals surface area (Å²) in [5.41, 5.74) is 2.08. The number of methoxy groups -OCH3 is 1. The number of carbonyl (C=O) groups is 2. The molecule has 1 aliphatic heterocycles. The summed E-state index contributed by atoms with van der Waals surface area (Å²) in [6.45, 7) is 8.43. The van der Waals surface area contributed by atoms with E-state index in [1.807, 2.05) is 19.3 Å². The number of benzene rings is 1. The molecule has 3 atom stereocenters. The fourth-order valence-electron chi connectivity index (χ4n) is 4.24. The summed E-state index contributed by atoms with van der Waals surface area (Å²) >= 11 is 0. The summed E-state index contributed by atoms with van der Waals surface area (Å²) in [5, 5.41) is 2.89. The van der Waals surface area contributed by atoms with Gasteiger partial charge >= 0.3 is 0 Å². The van der Waals surface area contributed by atoms with Crippen molar-refractivity contribution in [3.05, 3.63) is 48.0 Å². The van der Waals surface area contributed by atoms with E-state index in [2.05, 4.69) is 34.0 Å². The predicted molar refractivity (Wildman–Crippen MR) is 134 cm³/mol. The summed E-state index contributed by atoms with van der Waals surface area (Å²) in [6.07, 6.45) is 6.23. The van der Waals surface area contributed by atoms with Gasteiger partial charge in [0.2, 0.25) is 5.91 Å². The second-order valence-corrected chi connectivity index (χ2v) is 9.28. The molecule has 0 saturated carbocycles. The van der Waals surface area contributed by atoms with Gasteiger partial charge in [-0.25, -0.2) is 9.97 Å². The topological polar surface area (TPSA) is 96.9 Å². The number of nitrogens with zero attached hydrogens (tertiary/aromatic N) is 4. The van der Waals surface area contributed by atoms with Crippen molar-refractivity contribution >= 4 is 17.5 Å². The van der Waals surface area contributed by atoms with E-state index < -0.39 is 0 Å². The van der Waals surface area contributed by atoms with Gasteiger partial charge in [0.15, 0.2) is 0 Å². The third kappa shape index (κ3) is 7.22. The monoisotopic (exact) mass is 483 g/mol. The third-order valence-electron chi connectivity index (χ3n) is 6.34. The Kier molecular flexibility index (Phi) is 9.56. The molecule has 1 aromatic heterocycles. The Labute approximate surface area is 207 Å². The average molecular weight is 484 g/mol. The van der Waals surface area contributed by atoms with Crippen LogP contribution in [0.15, 0.2) is 36.9 Å². The van der Waals surface area contributed by atoms with Gasteiger partial charge in [0.25, 0.3) is 5.91 Å². The highest BCUT2D eigenvalue weighted by atomic mass is 16.5. The summed E-state index contributed by atoms with van der Waals surface area (Å²) in [6, 6.07) is 5.23. The van der Waals surface area contributed by atoms with E-state index in [1.54, 1.807) is 37.3 Å². The zero-order valence-corrected chi connectivity index (χ0v) is 21.4. The van der Waals surface area contributed by atoms with Gasteiger partial charge in [-0.3, -0.25) is 14.5 Å². The Morgan fingerprint density at radius 1 is 1.23 bits per heavy atom. The summed E-state index contributed by atoms with van der Waals surface area (Å²) < 4.78 is 12.0. The lowest BCUT2D eigenvalue weighted by Crippen LogP contribution is -2.46. The first kappa shape index (κ1) is 26.6. The quantitative estimate of drug-likeness (QED) is 0.674. The fourth-order valence-corrected chi connectivity index (χ4v) is 4.24. The number of aromatic nitrogens is 2. The Bertz CT molecular complexity index is 987.